The molecule has 0 aliphatic carbocycles. The van der Waals surface area contributed by atoms with Gasteiger partial charge in [-0.25, -0.2) is 0 Å². The number of nitrogens with zero attached hydrogens (tertiary/aromatic N) is 1. The van der Waals surface area contributed by atoms with Gasteiger partial charge in [0.25, 0.3) is 0 Å². The van der Waals surface area contributed by atoms with Crippen molar-refractivity contribution in [2.24, 2.45) is 0 Å². The first kappa shape index (κ1) is 12.6. The SMILES string of the molecule is C#CCC1CCCC[N+]1(C)C(CC)CC. The Morgan fingerprint density at radius 3 is 2.53 bits per heavy atom. The van der Waals surface area contributed by atoms with Crippen molar-refractivity contribution >= 4 is 0 Å². The van der Waals surface area contributed by atoms with Crippen molar-refractivity contribution in [2.45, 2.75) is 64.5 Å². The van der Waals surface area contributed by atoms with Crippen LogP contribution in [-0.2, 0) is 0 Å². The Bertz CT molecular complexity index is 224. The third-order valence-electron chi connectivity index (χ3n) is 4.39. The van der Waals surface area contributed by atoms with E-state index >= 15 is 0 Å². The van der Waals surface area contributed by atoms with Crippen LogP contribution in [0, 0.1) is 12.3 Å². The molecule has 1 rings (SSSR count). The van der Waals surface area contributed by atoms with Gasteiger partial charge in [-0.3, -0.25) is 0 Å². The van der Waals surface area contributed by atoms with E-state index in [0.29, 0.717) is 6.04 Å². The summed E-state index contributed by atoms with van der Waals surface area (Å²) < 4.78 is 1.23. The number of hydrogen-bond acceptors (Lipinski definition) is 0. The summed E-state index contributed by atoms with van der Waals surface area (Å²) in [6, 6.07) is 1.53. The van der Waals surface area contributed by atoms with Gasteiger partial charge in [0.05, 0.1) is 26.1 Å². The number of quaternary nitrogens is 1. The highest BCUT2D eigenvalue weighted by molar-refractivity contribution is 4.89. The van der Waals surface area contributed by atoms with Crippen LogP contribution in [0.4, 0.5) is 0 Å². The topological polar surface area (TPSA) is 0 Å². The second-order valence-electron chi connectivity index (χ2n) is 5.10. The fourth-order valence-electron chi connectivity index (χ4n) is 3.36. The van der Waals surface area contributed by atoms with Gasteiger partial charge in [0.2, 0.25) is 0 Å². The van der Waals surface area contributed by atoms with E-state index in [1.165, 1.54) is 43.1 Å². The summed E-state index contributed by atoms with van der Waals surface area (Å²) in [6.07, 6.45) is 13.1. The highest BCUT2D eigenvalue weighted by Gasteiger charge is 2.39. The van der Waals surface area contributed by atoms with Crippen LogP contribution >= 0.6 is 0 Å². The summed E-state index contributed by atoms with van der Waals surface area (Å²) in [5.41, 5.74) is 0. The van der Waals surface area contributed by atoms with Crippen molar-refractivity contribution < 1.29 is 4.48 Å². The maximum atomic E-state index is 5.50. The molecule has 86 valence electrons. The van der Waals surface area contributed by atoms with Crippen molar-refractivity contribution in [3.05, 3.63) is 0 Å². The van der Waals surface area contributed by atoms with Gasteiger partial charge in [-0.15, -0.1) is 12.3 Å². The summed E-state index contributed by atoms with van der Waals surface area (Å²) in [7, 11) is 2.43. The zero-order valence-electron chi connectivity index (χ0n) is 10.6. The highest BCUT2D eigenvalue weighted by atomic mass is 15.4. The molecule has 0 spiro atoms. The van der Waals surface area contributed by atoms with Crippen molar-refractivity contribution in [3.8, 4) is 12.3 Å². The van der Waals surface area contributed by atoms with E-state index in [1.807, 2.05) is 0 Å². The molecule has 2 atom stereocenters. The van der Waals surface area contributed by atoms with Gasteiger partial charge in [0, 0.05) is 6.42 Å². The minimum absolute atomic E-state index is 0.716. The highest BCUT2D eigenvalue weighted by Crippen LogP contribution is 2.31. The Balaban J connectivity index is 2.79. The molecule has 0 N–H and O–H groups in total. The molecule has 0 aromatic heterocycles. The molecule has 1 aliphatic rings. The molecule has 1 heteroatoms. The summed E-state index contributed by atoms with van der Waals surface area (Å²) >= 11 is 0. The van der Waals surface area contributed by atoms with Gasteiger partial charge in [-0.05, 0) is 25.7 Å². The lowest BCUT2D eigenvalue weighted by Gasteiger charge is -2.49. The normalized spacial score (nSPS) is 31.5. The summed E-state index contributed by atoms with van der Waals surface area (Å²) in [6.45, 7) is 5.97. The van der Waals surface area contributed by atoms with E-state index < -0.39 is 0 Å². The van der Waals surface area contributed by atoms with Gasteiger partial charge in [0.15, 0.2) is 0 Å². The van der Waals surface area contributed by atoms with E-state index in [1.54, 1.807) is 0 Å². The monoisotopic (exact) mass is 208 g/mol. The average molecular weight is 208 g/mol. The van der Waals surface area contributed by atoms with Crippen LogP contribution in [0.25, 0.3) is 0 Å². The largest absolute Gasteiger partial charge is 0.320 e. The first-order valence-electron chi connectivity index (χ1n) is 6.47. The summed E-state index contributed by atoms with van der Waals surface area (Å²) in [5, 5.41) is 0. The van der Waals surface area contributed by atoms with Gasteiger partial charge in [0.1, 0.15) is 6.04 Å². The molecule has 0 aromatic rings. The molecule has 1 saturated heterocycles. The number of hydrogen-bond donors (Lipinski definition) is 0. The quantitative estimate of drug-likeness (QED) is 0.491. The molecule has 1 heterocycles. The van der Waals surface area contributed by atoms with E-state index in [0.717, 1.165) is 12.5 Å². The van der Waals surface area contributed by atoms with Crippen molar-refractivity contribution in [2.75, 3.05) is 13.6 Å². The van der Waals surface area contributed by atoms with Gasteiger partial charge in [-0.1, -0.05) is 13.8 Å². The minimum atomic E-state index is 0.716. The molecular weight excluding hydrogens is 182 g/mol. The molecule has 0 radical (unpaired) electrons. The first-order chi connectivity index (χ1) is 7.19. The van der Waals surface area contributed by atoms with Crippen LogP contribution in [0.1, 0.15) is 52.4 Å². The van der Waals surface area contributed by atoms with Crippen LogP contribution < -0.4 is 0 Å². The number of likely N-dealkylation sites (tertiary alicyclic amines) is 1. The standard InChI is InChI=1S/C14H26N/c1-5-10-14-11-8-9-12-15(14,4)13(6-2)7-3/h1,13-14H,6-12H2,2-4H3/q+1. The molecule has 1 fully saturated rings. The lowest BCUT2D eigenvalue weighted by Crippen LogP contribution is -2.60. The number of piperidine rings is 1. The maximum Gasteiger partial charge on any atom is 0.100 e. The molecule has 0 aromatic carbocycles. The predicted molar refractivity (Wildman–Crippen MR) is 66.5 cm³/mol. The number of rotatable bonds is 4. The summed E-state index contributed by atoms with van der Waals surface area (Å²) in [5.74, 6) is 2.88. The molecule has 2 unspecified atom stereocenters. The third kappa shape index (κ3) is 2.55. The fourth-order valence-corrected chi connectivity index (χ4v) is 3.36. The Morgan fingerprint density at radius 1 is 1.33 bits per heavy atom. The maximum absolute atomic E-state index is 5.50. The van der Waals surface area contributed by atoms with Gasteiger partial charge in [-0.2, -0.15) is 0 Å². The lowest BCUT2D eigenvalue weighted by molar-refractivity contribution is -0.960. The van der Waals surface area contributed by atoms with Crippen LogP contribution in [0.2, 0.25) is 0 Å². The molecule has 15 heavy (non-hydrogen) atoms. The van der Waals surface area contributed by atoms with Gasteiger partial charge < -0.3 is 4.48 Å². The third-order valence-corrected chi connectivity index (χ3v) is 4.39. The van der Waals surface area contributed by atoms with Crippen LogP contribution in [0.5, 0.6) is 0 Å². The Kier molecular flexibility index (Phi) is 4.67. The summed E-state index contributed by atoms with van der Waals surface area (Å²) in [4.78, 5) is 0. The Morgan fingerprint density at radius 2 is 2.00 bits per heavy atom. The van der Waals surface area contributed by atoms with E-state index in [4.69, 9.17) is 6.42 Å². The van der Waals surface area contributed by atoms with E-state index in [-0.39, 0.29) is 0 Å². The van der Waals surface area contributed by atoms with Crippen LogP contribution in [-0.4, -0.2) is 30.2 Å². The zero-order valence-corrected chi connectivity index (χ0v) is 10.6. The van der Waals surface area contributed by atoms with E-state index in [2.05, 4.69) is 26.8 Å². The molecule has 1 nitrogen and oxygen atoms in total. The first-order valence-corrected chi connectivity index (χ1v) is 6.47. The fraction of sp³-hybridized carbons (Fsp3) is 0.857. The molecule has 1 aliphatic heterocycles. The second kappa shape index (κ2) is 5.56. The average Bonchev–Trinajstić information content (AvgIpc) is 2.23. The predicted octanol–water partition coefficient (Wildman–Crippen LogP) is 3.20. The minimum Gasteiger partial charge on any atom is -0.320 e. The smallest absolute Gasteiger partial charge is 0.100 e. The lowest BCUT2D eigenvalue weighted by atomic mass is 9.92. The number of terminal acetylenes is 1. The van der Waals surface area contributed by atoms with Crippen LogP contribution in [0.3, 0.4) is 0 Å². The Labute approximate surface area is 95.4 Å². The molecule has 0 amide bonds. The van der Waals surface area contributed by atoms with Crippen molar-refractivity contribution in [1.29, 1.82) is 0 Å². The molecular formula is C14H26N+. The van der Waals surface area contributed by atoms with Crippen molar-refractivity contribution in [1.82, 2.24) is 0 Å². The van der Waals surface area contributed by atoms with E-state index in [9.17, 15) is 0 Å². The van der Waals surface area contributed by atoms with Gasteiger partial charge >= 0.3 is 0 Å². The van der Waals surface area contributed by atoms with Crippen molar-refractivity contribution in [3.63, 3.8) is 0 Å². The second-order valence-corrected chi connectivity index (χ2v) is 5.10. The zero-order chi connectivity index (χ0) is 11.3. The molecule has 0 bridgehead atoms. The Hall–Kier alpha value is -0.480. The van der Waals surface area contributed by atoms with Crippen LogP contribution in [0.15, 0.2) is 0 Å². The molecule has 0 saturated carbocycles.